The summed E-state index contributed by atoms with van der Waals surface area (Å²) in [4.78, 5) is 0. The first-order chi connectivity index (χ1) is 13.2. The molecule has 0 saturated carbocycles. The van der Waals surface area contributed by atoms with Crippen molar-refractivity contribution in [3.8, 4) is 0 Å². The second-order valence-electron chi connectivity index (χ2n) is 7.23. The van der Waals surface area contributed by atoms with Crippen LogP contribution >= 0.6 is 0 Å². The fraction of sp³-hybridized carbons (Fsp3) is 1.00. The number of aliphatic hydroxyl groups is 1. The monoisotopic (exact) mass is 444 g/mol. The Morgan fingerprint density at radius 2 is 1.21 bits per heavy atom. The molecule has 0 aliphatic heterocycles. The molecular formula is C19H40O7S2. The molecule has 0 fully saturated rings. The summed E-state index contributed by atoms with van der Waals surface area (Å²) in [5.41, 5.74) is 0. The molecule has 0 aromatic carbocycles. The SMILES string of the molecule is CCCCCCS(=O)(=O)CCOCCOC[C@@H](O)CS(=O)(=O)CCCCCC. The molecule has 0 rings (SSSR count). The summed E-state index contributed by atoms with van der Waals surface area (Å²) < 4.78 is 57.9. The van der Waals surface area contributed by atoms with E-state index in [1.807, 2.05) is 0 Å². The summed E-state index contributed by atoms with van der Waals surface area (Å²) in [5.74, 6) is 0.000339. The Kier molecular flexibility index (Phi) is 16.4. The Balaban J connectivity index is 3.71. The molecule has 9 heteroatoms. The number of aliphatic hydroxyl groups excluding tert-OH is 1. The van der Waals surface area contributed by atoms with Gasteiger partial charge in [-0.05, 0) is 12.8 Å². The van der Waals surface area contributed by atoms with Crippen molar-refractivity contribution in [1.29, 1.82) is 0 Å². The van der Waals surface area contributed by atoms with Gasteiger partial charge in [0.25, 0.3) is 0 Å². The van der Waals surface area contributed by atoms with Crippen LogP contribution in [-0.4, -0.2) is 77.5 Å². The van der Waals surface area contributed by atoms with Gasteiger partial charge in [-0.25, -0.2) is 16.8 Å². The van der Waals surface area contributed by atoms with Crippen molar-refractivity contribution in [3.05, 3.63) is 0 Å². The van der Waals surface area contributed by atoms with E-state index in [9.17, 15) is 21.9 Å². The van der Waals surface area contributed by atoms with Crippen molar-refractivity contribution in [1.82, 2.24) is 0 Å². The van der Waals surface area contributed by atoms with Gasteiger partial charge in [0.05, 0.1) is 55.5 Å². The van der Waals surface area contributed by atoms with E-state index in [2.05, 4.69) is 13.8 Å². The number of rotatable bonds is 20. The lowest BCUT2D eigenvalue weighted by molar-refractivity contribution is 0.0133. The average Bonchev–Trinajstić information content (AvgIpc) is 2.61. The van der Waals surface area contributed by atoms with Gasteiger partial charge >= 0.3 is 0 Å². The van der Waals surface area contributed by atoms with E-state index in [1.165, 1.54) is 0 Å². The van der Waals surface area contributed by atoms with Crippen molar-refractivity contribution in [2.24, 2.45) is 0 Å². The maximum Gasteiger partial charge on any atom is 0.152 e. The zero-order valence-corrected chi connectivity index (χ0v) is 19.2. The third-order valence-electron chi connectivity index (χ3n) is 4.29. The lowest BCUT2D eigenvalue weighted by Crippen LogP contribution is -2.28. The molecule has 0 saturated heterocycles. The molecule has 0 aromatic rings. The summed E-state index contributed by atoms with van der Waals surface area (Å²) >= 11 is 0. The maximum atomic E-state index is 11.9. The van der Waals surface area contributed by atoms with Crippen LogP contribution in [0.25, 0.3) is 0 Å². The first-order valence-corrected chi connectivity index (χ1v) is 14.1. The van der Waals surface area contributed by atoms with Crippen molar-refractivity contribution in [3.63, 3.8) is 0 Å². The minimum atomic E-state index is -3.27. The maximum absolute atomic E-state index is 11.9. The van der Waals surface area contributed by atoms with E-state index in [1.54, 1.807) is 0 Å². The van der Waals surface area contributed by atoms with Crippen LogP contribution in [0.3, 0.4) is 0 Å². The highest BCUT2D eigenvalue weighted by Gasteiger charge is 2.17. The van der Waals surface area contributed by atoms with Gasteiger partial charge in [0, 0.05) is 0 Å². The number of ether oxygens (including phenoxy) is 2. The van der Waals surface area contributed by atoms with Gasteiger partial charge in [-0.2, -0.15) is 0 Å². The minimum Gasteiger partial charge on any atom is -0.390 e. The highest BCUT2D eigenvalue weighted by molar-refractivity contribution is 7.91. The number of unbranched alkanes of at least 4 members (excludes halogenated alkanes) is 6. The predicted molar refractivity (Wildman–Crippen MR) is 113 cm³/mol. The molecule has 28 heavy (non-hydrogen) atoms. The quantitative estimate of drug-likeness (QED) is 0.287. The van der Waals surface area contributed by atoms with Gasteiger partial charge < -0.3 is 14.6 Å². The predicted octanol–water partition coefficient (Wildman–Crippen LogP) is 2.37. The smallest absolute Gasteiger partial charge is 0.152 e. The lowest BCUT2D eigenvalue weighted by atomic mass is 10.2. The van der Waals surface area contributed by atoms with E-state index >= 15 is 0 Å². The Labute approximate surface area is 172 Å². The summed E-state index contributed by atoms with van der Waals surface area (Å²) in [7, 11) is -6.34. The molecule has 0 radical (unpaired) electrons. The summed E-state index contributed by atoms with van der Waals surface area (Å²) in [6.07, 6.45) is 6.26. The third kappa shape index (κ3) is 17.8. The second kappa shape index (κ2) is 16.6. The largest absolute Gasteiger partial charge is 0.390 e. The fourth-order valence-electron chi connectivity index (χ4n) is 2.65. The molecule has 0 bridgehead atoms. The molecule has 0 unspecified atom stereocenters. The average molecular weight is 445 g/mol. The normalized spacial score (nSPS) is 13.7. The zero-order chi connectivity index (χ0) is 21.3. The molecule has 170 valence electrons. The third-order valence-corrected chi connectivity index (χ3v) is 7.79. The molecule has 0 aliphatic carbocycles. The van der Waals surface area contributed by atoms with E-state index in [0.717, 1.165) is 38.5 Å². The molecule has 0 spiro atoms. The van der Waals surface area contributed by atoms with Crippen LogP contribution in [0.1, 0.15) is 65.2 Å². The fourth-order valence-corrected chi connectivity index (χ4v) is 5.36. The van der Waals surface area contributed by atoms with Gasteiger partial charge in [0.15, 0.2) is 19.7 Å². The molecule has 1 N–H and O–H groups in total. The number of hydrogen-bond donors (Lipinski definition) is 1. The highest BCUT2D eigenvalue weighted by Crippen LogP contribution is 2.05. The van der Waals surface area contributed by atoms with Crippen molar-refractivity contribution >= 4 is 19.7 Å². The van der Waals surface area contributed by atoms with Gasteiger partial charge in [-0.15, -0.1) is 0 Å². The van der Waals surface area contributed by atoms with Gasteiger partial charge in [-0.3, -0.25) is 0 Å². The van der Waals surface area contributed by atoms with E-state index < -0.39 is 25.8 Å². The Hall–Kier alpha value is -0.220. The Bertz CT molecular complexity index is 559. The van der Waals surface area contributed by atoms with Crippen LogP contribution in [0.2, 0.25) is 0 Å². The first-order valence-electron chi connectivity index (χ1n) is 10.5. The van der Waals surface area contributed by atoms with Gasteiger partial charge in [-0.1, -0.05) is 52.4 Å². The van der Waals surface area contributed by atoms with Crippen molar-refractivity contribution in [2.45, 2.75) is 71.3 Å². The Morgan fingerprint density at radius 3 is 1.79 bits per heavy atom. The molecular weight excluding hydrogens is 404 g/mol. The van der Waals surface area contributed by atoms with E-state index in [0.29, 0.717) is 12.8 Å². The highest BCUT2D eigenvalue weighted by atomic mass is 32.2. The van der Waals surface area contributed by atoms with Crippen LogP contribution in [0.5, 0.6) is 0 Å². The van der Waals surface area contributed by atoms with E-state index in [-0.39, 0.29) is 49.4 Å². The van der Waals surface area contributed by atoms with Crippen molar-refractivity contribution < 1.29 is 31.4 Å². The summed E-state index contributed by atoms with van der Waals surface area (Å²) in [6.45, 7) is 4.58. The van der Waals surface area contributed by atoms with Gasteiger partial charge in [0.1, 0.15) is 0 Å². The molecule has 7 nitrogen and oxygen atoms in total. The first kappa shape index (κ1) is 27.8. The lowest BCUT2D eigenvalue weighted by Gasteiger charge is -2.12. The Morgan fingerprint density at radius 1 is 0.679 bits per heavy atom. The van der Waals surface area contributed by atoms with Crippen LogP contribution in [0.4, 0.5) is 0 Å². The zero-order valence-electron chi connectivity index (χ0n) is 17.6. The van der Waals surface area contributed by atoms with Crippen LogP contribution in [-0.2, 0) is 29.1 Å². The van der Waals surface area contributed by atoms with Crippen LogP contribution < -0.4 is 0 Å². The standard InChI is InChI=1S/C19H40O7S2/c1-3-5-7-9-14-27(21,22)16-13-25-11-12-26-17-19(20)18-28(23,24)15-10-8-6-4-2/h19-20H,3-18H2,1-2H3/t19-/m1/s1. The van der Waals surface area contributed by atoms with E-state index in [4.69, 9.17) is 9.47 Å². The van der Waals surface area contributed by atoms with Crippen LogP contribution in [0, 0.1) is 0 Å². The topological polar surface area (TPSA) is 107 Å². The second-order valence-corrected chi connectivity index (χ2v) is 11.8. The molecule has 0 heterocycles. The molecule has 0 amide bonds. The number of sulfone groups is 2. The minimum absolute atomic E-state index is 0.00196. The summed E-state index contributed by atoms with van der Waals surface area (Å²) in [6, 6.07) is 0. The van der Waals surface area contributed by atoms with Crippen molar-refractivity contribution in [2.75, 3.05) is 49.4 Å². The molecule has 0 aliphatic rings. The molecule has 1 atom stereocenters. The van der Waals surface area contributed by atoms with Crippen LogP contribution in [0.15, 0.2) is 0 Å². The molecule has 0 aromatic heterocycles. The van der Waals surface area contributed by atoms with Gasteiger partial charge in [0.2, 0.25) is 0 Å². The number of hydrogen-bond acceptors (Lipinski definition) is 7. The summed E-state index contributed by atoms with van der Waals surface area (Å²) in [5, 5.41) is 9.79.